The minimum absolute atomic E-state index is 0.234. The van der Waals surface area contributed by atoms with Crippen LogP contribution in [0.4, 0.5) is 0 Å². The highest BCUT2D eigenvalue weighted by Crippen LogP contribution is 2.18. The Balaban J connectivity index is 2.97. The molecule has 0 aliphatic carbocycles. The number of carbonyl (C=O) groups is 2. The molecule has 2 amide bonds. The summed E-state index contributed by atoms with van der Waals surface area (Å²) in [7, 11) is 1.48. The maximum atomic E-state index is 11.7. The molecule has 1 rings (SSSR count). The number of hydrogen-bond acceptors (Lipinski definition) is 4. The van der Waals surface area contributed by atoms with Crippen LogP contribution in [-0.2, 0) is 4.79 Å². The zero-order valence-corrected chi connectivity index (χ0v) is 10.4. The predicted octanol–water partition coefficient (Wildman–Crippen LogP) is -0.746. The molecule has 0 spiro atoms. The van der Waals surface area contributed by atoms with Gasteiger partial charge in [-0.25, -0.2) is 0 Å². The molecule has 0 aliphatic rings. The Morgan fingerprint density at radius 3 is 2.79 bits per heavy atom. The van der Waals surface area contributed by atoms with Gasteiger partial charge in [-0.15, -0.1) is 0 Å². The Morgan fingerprint density at radius 2 is 2.21 bits per heavy atom. The van der Waals surface area contributed by atoms with Gasteiger partial charge in [0.1, 0.15) is 12.4 Å². The molecule has 0 heterocycles. The minimum atomic E-state index is -0.623. The number of methoxy groups -OCH3 is 1. The van der Waals surface area contributed by atoms with Gasteiger partial charge in [-0.1, -0.05) is 11.8 Å². The van der Waals surface area contributed by atoms with Crippen LogP contribution in [0.1, 0.15) is 15.9 Å². The van der Waals surface area contributed by atoms with E-state index in [0.717, 1.165) is 0 Å². The van der Waals surface area contributed by atoms with Crippen molar-refractivity contribution >= 4 is 11.8 Å². The molecular formula is C13H14N2O4. The first-order valence-corrected chi connectivity index (χ1v) is 5.42. The summed E-state index contributed by atoms with van der Waals surface area (Å²) in [5, 5.41) is 11.0. The van der Waals surface area contributed by atoms with Crippen molar-refractivity contribution in [2.75, 3.05) is 20.3 Å². The van der Waals surface area contributed by atoms with Crippen LogP contribution in [-0.4, -0.2) is 37.2 Å². The number of amides is 2. The first-order valence-electron chi connectivity index (χ1n) is 5.42. The summed E-state index contributed by atoms with van der Waals surface area (Å²) in [6.07, 6.45) is 0. The van der Waals surface area contributed by atoms with Crippen molar-refractivity contribution in [1.29, 1.82) is 0 Å². The third-order valence-electron chi connectivity index (χ3n) is 2.19. The molecule has 0 fully saturated rings. The molecule has 0 radical (unpaired) electrons. The van der Waals surface area contributed by atoms with Crippen LogP contribution < -0.4 is 15.8 Å². The summed E-state index contributed by atoms with van der Waals surface area (Å²) < 4.78 is 5.09. The lowest BCUT2D eigenvalue weighted by Gasteiger charge is -2.07. The lowest BCUT2D eigenvalue weighted by atomic mass is 10.1. The highest BCUT2D eigenvalue weighted by Gasteiger charge is 2.09. The molecule has 6 nitrogen and oxygen atoms in total. The average molecular weight is 262 g/mol. The fourth-order valence-corrected chi connectivity index (χ4v) is 1.35. The summed E-state index contributed by atoms with van der Waals surface area (Å²) in [4.78, 5) is 22.3. The van der Waals surface area contributed by atoms with Gasteiger partial charge in [0.2, 0.25) is 5.91 Å². The van der Waals surface area contributed by atoms with Crippen LogP contribution in [0.5, 0.6) is 5.75 Å². The van der Waals surface area contributed by atoms with Gasteiger partial charge in [0.25, 0.3) is 5.91 Å². The standard InChI is InChI=1S/C13H14N2O4/c1-19-11-5-4-10(7-9(11)3-2-6-16)13(18)15-8-12(14)17/h4-5,7,16H,6,8H2,1H3,(H2,14,17)(H,15,18). The maximum Gasteiger partial charge on any atom is 0.251 e. The third-order valence-corrected chi connectivity index (χ3v) is 2.19. The second-order valence-electron chi connectivity index (χ2n) is 3.52. The number of nitrogens with two attached hydrogens (primary N) is 1. The molecule has 4 N–H and O–H groups in total. The zero-order valence-electron chi connectivity index (χ0n) is 10.4. The van der Waals surface area contributed by atoms with Crippen molar-refractivity contribution in [3.05, 3.63) is 29.3 Å². The molecule has 0 atom stereocenters. The highest BCUT2D eigenvalue weighted by atomic mass is 16.5. The summed E-state index contributed by atoms with van der Waals surface area (Å²) in [5.41, 5.74) is 5.73. The fourth-order valence-electron chi connectivity index (χ4n) is 1.35. The fraction of sp³-hybridized carbons (Fsp3) is 0.231. The van der Waals surface area contributed by atoms with Crippen molar-refractivity contribution in [3.8, 4) is 17.6 Å². The predicted molar refractivity (Wildman–Crippen MR) is 68.5 cm³/mol. The first kappa shape index (κ1) is 14.5. The maximum absolute atomic E-state index is 11.7. The van der Waals surface area contributed by atoms with Gasteiger partial charge >= 0.3 is 0 Å². The van der Waals surface area contributed by atoms with E-state index in [0.29, 0.717) is 16.9 Å². The van der Waals surface area contributed by atoms with E-state index >= 15 is 0 Å². The lowest BCUT2D eigenvalue weighted by molar-refractivity contribution is -0.117. The van der Waals surface area contributed by atoms with E-state index in [1.807, 2.05) is 0 Å². The Bertz CT molecular complexity index is 543. The Hall–Kier alpha value is -2.52. The molecule has 1 aromatic carbocycles. The average Bonchev–Trinajstić information content (AvgIpc) is 2.42. The topological polar surface area (TPSA) is 102 Å². The Kier molecular flexibility index (Phi) is 5.38. The summed E-state index contributed by atoms with van der Waals surface area (Å²) in [5.74, 6) is 4.59. The first-order chi connectivity index (χ1) is 9.08. The monoisotopic (exact) mass is 262 g/mol. The van der Waals surface area contributed by atoms with Crippen molar-refractivity contribution in [2.24, 2.45) is 5.73 Å². The second kappa shape index (κ2) is 7.03. The van der Waals surface area contributed by atoms with E-state index in [1.165, 1.54) is 13.2 Å². The van der Waals surface area contributed by atoms with Crippen LogP contribution in [0.3, 0.4) is 0 Å². The zero-order chi connectivity index (χ0) is 14.3. The molecule has 0 bridgehead atoms. The number of nitrogens with one attached hydrogen (secondary N) is 1. The van der Waals surface area contributed by atoms with Gasteiger partial charge in [-0.3, -0.25) is 9.59 Å². The number of rotatable bonds is 4. The normalized spacial score (nSPS) is 9.16. The van der Waals surface area contributed by atoms with Gasteiger partial charge in [0.15, 0.2) is 0 Å². The SMILES string of the molecule is COc1ccc(C(=O)NCC(N)=O)cc1C#CCO. The molecule has 0 saturated carbocycles. The number of benzene rings is 1. The van der Waals surface area contributed by atoms with Crippen LogP contribution in [0.15, 0.2) is 18.2 Å². The van der Waals surface area contributed by atoms with E-state index in [4.69, 9.17) is 15.6 Å². The molecule has 1 aromatic rings. The molecule has 0 aliphatic heterocycles. The molecule has 19 heavy (non-hydrogen) atoms. The quantitative estimate of drug-likeness (QED) is 0.622. The Morgan fingerprint density at radius 1 is 1.47 bits per heavy atom. The number of aliphatic hydroxyl groups excluding tert-OH is 1. The lowest BCUT2D eigenvalue weighted by Crippen LogP contribution is -2.33. The summed E-state index contributed by atoms with van der Waals surface area (Å²) in [6, 6.07) is 4.64. The number of aliphatic hydroxyl groups is 1. The van der Waals surface area contributed by atoms with Crippen LogP contribution >= 0.6 is 0 Å². The van der Waals surface area contributed by atoms with Gasteiger partial charge in [0.05, 0.1) is 19.2 Å². The molecule has 0 unspecified atom stereocenters. The van der Waals surface area contributed by atoms with E-state index in [-0.39, 0.29) is 13.2 Å². The van der Waals surface area contributed by atoms with Gasteiger partial charge in [-0.05, 0) is 18.2 Å². The van der Waals surface area contributed by atoms with Crippen LogP contribution in [0.25, 0.3) is 0 Å². The molecule has 6 heteroatoms. The van der Waals surface area contributed by atoms with Crippen molar-refractivity contribution in [1.82, 2.24) is 5.32 Å². The third kappa shape index (κ3) is 4.33. The van der Waals surface area contributed by atoms with Gasteiger partial charge in [-0.2, -0.15) is 0 Å². The van der Waals surface area contributed by atoms with Gasteiger partial charge in [0, 0.05) is 5.56 Å². The number of primary amides is 1. The van der Waals surface area contributed by atoms with Crippen molar-refractivity contribution in [3.63, 3.8) is 0 Å². The summed E-state index contributed by atoms with van der Waals surface area (Å²) in [6.45, 7) is -0.524. The van der Waals surface area contributed by atoms with E-state index in [1.54, 1.807) is 12.1 Å². The number of carbonyl (C=O) groups excluding carboxylic acids is 2. The number of hydrogen-bond donors (Lipinski definition) is 3. The molecular weight excluding hydrogens is 248 g/mol. The molecule has 0 aromatic heterocycles. The van der Waals surface area contributed by atoms with E-state index < -0.39 is 11.8 Å². The molecule has 100 valence electrons. The largest absolute Gasteiger partial charge is 0.495 e. The highest BCUT2D eigenvalue weighted by molar-refractivity contribution is 5.96. The van der Waals surface area contributed by atoms with E-state index in [2.05, 4.69) is 17.2 Å². The second-order valence-corrected chi connectivity index (χ2v) is 3.52. The van der Waals surface area contributed by atoms with Crippen LogP contribution in [0.2, 0.25) is 0 Å². The minimum Gasteiger partial charge on any atom is -0.495 e. The Labute approximate surface area is 110 Å². The molecule has 0 saturated heterocycles. The van der Waals surface area contributed by atoms with Crippen molar-refractivity contribution < 1.29 is 19.4 Å². The van der Waals surface area contributed by atoms with Crippen LogP contribution in [0, 0.1) is 11.8 Å². The number of ether oxygens (including phenoxy) is 1. The summed E-state index contributed by atoms with van der Waals surface area (Å²) >= 11 is 0. The van der Waals surface area contributed by atoms with Crippen molar-refractivity contribution in [2.45, 2.75) is 0 Å². The van der Waals surface area contributed by atoms with Gasteiger partial charge < -0.3 is 20.9 Å². The van der Waals surface area contributed by atoms with E-state index in [9.17, 15) is 9.59 Å². The smallest absolute Gasteiger partial charge is 0.251 e.